The average Bonchev–Trinajstić information content (AvgIpc) is 3.19. The Morgan fingerprint density at radius 1 is 1.21 bits per heavy atom. The summed E-state index contributed by atoms with van der Waals surface area (Å²) >= 11 is 0. The van der Waals surface area contributed by atoms with Crippen LogP contribution in [-0.4, -0.2) is 24.0 Å². The number of amides is 1. The van der Waals surface area contributed by atoms with Gasteiger partial charge in [0.1, 0.15) is 5.82 Å². The average molecular weight is 391 g/mol. The topological polar surface area (TPSA) is 63.2 Å². The first kappa shape index (κ1) is 18.9. The molecule has 2 N–H and O–H groups in total. The number of pyridine rings is 1. The number of rotatable bonds is 6. The molecule has 5 nitrogen and oxygen atoms in total. The van der Waals surface area contributed by atoms with Crippen LogP contribution in [0.3, 0.4) is 0 Å². The van der Waals surface area contributed by atoms with Crippen LogP contribution in [0.15, 0.2) is 54.7 Å². The van der Waals surface area contributed by atoms with E-state index in [9.17, 15) is 9.18 Å². The molecule has 1 aliphatic heterocycles. The molecule has 1 amide bonds. The van der Waals surface area contributed by atoms with Gasteiger partial charge in [-0.05, 0) is 72.9 Å². The minimum Gasteiger partial charge on any atom is -0.491 e. The van der Waals surface area contributed by atoms with Crippen LogP contribution in [0.25, 0.3) is 0 Å². The second-order valence-electron chi connectivity index (χ2n) is 6.89. The van der Waals surface area contributed by atoms with Gasteiger partial charge < -0.3 is 15.4 Å². The van der Waals surface area contributed by atoms with Gasteiger partial charge in [-0.15, -0.1) is 0 Å². The molecule has 0 atom stereocenters. The maximum atomic E-state index is 14.1. The molecule has 0 radical (unpaired) electrons. The number of fused-ring (bicyclic) bond motifs is 1. The lowest BCUT2D eigenvalue weighted by atomic mass is 10.0. The van der Waals surface area contributed by atoms with Crippen LogP contribution in [0.5, 0.6) is 5.75 Å². The van der Waals surface area contributed by atoms with E-state index in [1.54, 1.807) is 12.3 Å². The number of nitrogens with one attached hydrogen (secondary N) is 2. The lowest BCUT2D eigenvalue weighted by Crippen LogP contribution is -2.15. The van der Waals surface area contributed by atoms with E-state index < -0.39 is 0 Å². The lowest BCUT2D eigenvalue weighted by Gasteiger charge is -2.10. The summed E-state index contributed by atoms with van der Waals surface area (Å²) in [5.74, 6) is 0.173. The van der Waals surface area contributed by atoms with Crippen molar-refractivity contribution in [3.8, 4) is 5.75 Å². The molecular formula is C23H22FN3O2. The van der Waals surface area contributed by atoms with Crippen molar-refractivity contribution in [1.82, 2.24) is 4.98 Å². The molecule has 0 spiro atoms. The van der Waals surface area contributed by atoms with Crippen LogP contribution in [0.2, 0.25) is 0 Å². The van der Waals surface area contributed by atoms with Crippen molar-refractivity contribution in [1.29, 1.82) is 0 Å². The third-order valence-electron chi connectivity index (χ3n) is 4.88. The lowest BCUT2D eigenvalue weighted by molar-refractivity contribution is 0.102. The summed E-state index contributed by atoms with van der Waals surface area (Å²) < 4.78 is 19.3. The molecule has 4 rings (SSSR count). The summed E-state index contributed by atoms with van der Waals surface area (Å²) in [6, 6.07) is 14.3. The van der Waals surface area contributed by atoms with Crippen molar-refractivity contribution in [2.24, 2.45) is 0 Å². The third kappa shape index (κ3) is 4.21. The fourth-order valence-corrected chi connectivity index (χ4v) is 3.56. The summed E-state index contributed by atoms with van der Waals surface area (Å²) in [6.07, 6.45) is 3.00. The zero-order valence-corrected chi connectivity index (χ0v) is 16.2. The van der Waals surface area contributed by atoms with Crippen LogP contribution in [0.4, 0.5) is 15.9 Å². The molecule has 148 valence electrons. The minimum atomic E-state index is -0.376. The number of ether oxygens (including phenoxy) is 1. The predicted octanol–water partition coefficient (Wildman–Crippen LogP) is 4.43. The number of hydrogen-bond donors (Lipinski definition) is 2. The highest BCUT2D eigenvalue weighted by atomic mass is 19.1. The molecule has 6 heteroatoms. The third-order valence-corrected chi connectivity index (χ3v) is 4.88. The van der Waals surface area contributed by atoms with E-state index in [0.29, 0.717) is 24.4 Å². The monoisotopic (exact) mass is 391 g/mol. The molecule has 0 bridgehead atoms. The first-order valence-corrected chi connectivity index (χ1v) is 9.67. The molecule has 2 heterocycles. The molecule has 0 unspecified atom stereocenters. The normalized spacial score (nSPS) is 12.2. The Morgan fingerprint density at radius 2 is 2.07 bits per heavy atom. The molecule has 0 saturated carbocycles. The highest BCUT2D eigenvalue weighted by Crippen LogP contribution is 2.26. The van der Waals surface area contributed by atoms with Gasteiger partial charge in [-0.2, -0.15) is 0 Å². The number of benzene rings is 2. The maximum absolute atomic E-state index is 14.1. The van der Waals surface area contributed by atoms with Crippen molar-refractivity contribution in [2.75, 3.05) is 23.8 Å². The van der Waals surface area contributed by atoms with Gasteiger partial charge in [-0.1, -0.05) is 12.1 Å². The van der Waals surface area contributed by atoms with Crippen LogP contribution in [0, 0.1) is 5.82 Å². The van der Waals surface area contributed by atoms with Crippen molar-refractivity contribution in [2.45, 2.75) is 19.8 Å². The van der Waals surface area contributed by atoms with E-state index in [0.717, 1.165) is 35.3 Å². The van der Waals surface area contributed by atoms with Gasteiger partial charge in [0.25, 0.3) is 5.91 Å². The summed E-state index contributed by atoms with van der Waals surface area (Å²) in [4.78, 5) is 17.0. The molecule has 29 heavy (non-hydrogen) atoms. The van der Waals surface area contributed by atoms with Gasteiger partial charge in [0, 0.05) is 24.0 Å². The summed E-state index contributed by atoms with van der Waals surface area (Å²) in [7, 11) is 0. The fourth-order valence-electron chi connectivity index (χ4n) is 3.56. The SMILES string of the molecule is CCOc1ccc(Cc2ccnc(NC(=O)c3cccc4c3CCN4)c2)cc1F. The summed E-state index contributed by atoms with van der Waals surface area (Å²) in [5.41, 5.74) is 4.45. The molecule has 1 aromatic heterocycles. The minimum absolute atomic E-state index is 0.178. The number of aromatic nitrogens is 1. The van der Waals surface area contributed by atoms with E-state index in [-0.39, 0.29) is 17.5 Å². The van der Waals surface area contributed by atoms with E-state index in [2.05, 4.69) is 15.6 Å². The van der Waals surface area contributed by atoms with Gasteiger partial charge in [0.2, 0.25) is 0 Å². The molecule has 0 aliphatic carbocycles. The zero-order chi connectivity index (χ0) is 20.2. The van der Waals surface area contributed by atoms with Crippen LogP contribution in [0.1, 0.15) is 34.0 Å². The van der Waals surface area contributed by atoms with Gasteiger partial charge in [0.15, 0.2) is 11.6 Å². The number of carbonyl (C=O) groups is 1. The first-order valence-electron chi connectivity index (χ1n) is 9.67. The second kappa shape index (κ2) is 8.31. The van der Waals surface area contributed by atoms with Gasteiger partial charge in [-0.3, -0.25) is 4.79 Å². The molecule has 3 aromatic rings. The van der Waals surface area contributed by atoms with Gasteiger partial charge in [-0.25, -0.2) is 9.37 Å². The number of halogens is 1. The zero-order valence-electron chi connectivity index (χ0n) is 16.2. The van der Waals surface area contributed by atoms with E-state index >= 15 is 0 Å². The largest absolute Gasteiger partial charge is 0.491 e. The van der Waals surface area contributed by atoms with Crippen molar-refractivity contribution in [3.63, 3.8) is 0 Å². The number of anilines is 2. The maximum Gasteiger partial charge on any atom is 0.257 e. The quantitative estimate of drug-likeness (QED) is 0.653. The molecule has 2 aromatic carbocycles. The smallest absolute Gasteiger partial charge is 0.257 e. The molecule has 0 fully saturated rings. The number of hydrogen-bond acceptors (Lipinski definition) is 4. The van der Waals surface area contributed by atoms with E-state index in [1.807, 2.05) is 43.3 Å². The highest BCUT2D eigenvalue weighted by Gasteiger charge is 2.18. The van der Waals surface area contributed by atoms with Crippen molar-refractivity contribution >= 4 is 17.4 Å². The Kier molecular flexibility index (Phi) is 5.42. The summed E-state index contributed by atoms with van der Waals surface area (Å²) in [6.45, 7) is 3.08. The molecular weight excluding hydrogens is 369 g/mol. The number of carbonyl (C=O) groups excluding carboxylic acids is 1. The predicted molar refractivity (Wildman–Crippen MR) is 111 cm³/mol. The second-order valence-corrected chi connectivity index (χ2v) is 6.89. The molecule has 1 aliphatic rings. The Hall–Kier alpha value is -3.41. The van der Waals surface area contributed by atoms with Crippen LogP contribution in [-0.2, 0) is 12.8 Å². The van der Waals surface area contributed by atoms with E-state index in [1.165, 1.54) is 6.07 Å². The Bertz CT molecular complexity index is 1050. The highest BCUT2D eigenvalue weighted by molar-refractivity contribution is 6.06. The van der Waals surface area contributed by atoms with Crippen molar-refractivity contribution < 1.29 is 13.9 Å². The fraction of sp³-hybridized carbons (Fsp3) is 0.217. The Balaban J connectivity index is 1.49. The van der Waals surface area contributed by atoms with Crippen LogP contribution >= 0.6 is 0 Å². The number of nitrogens with zero attached hydrogens (tertiary/aromatic N) is 1. The van der Waals surface area contributed by atoms with Gasteiger partial charge in [0.05, 0.1) is 6.61 Å². The Labute approximate surface area is 168 Å². The first-order chi connectivity index (χ1) is 14.1. The van der Waals surface area contributed by atoms with Crippen LogP contribution < -0.4 is 15.4 Å². The Morgan fingerprint density at radius 3 is 2.90 bits per heavy atom. The van der Waals surface area contributed by atoms with E-state index in [4.69, 9.17) is 4.74 Å². The standard InChI is InChI=1S/C23H22FN3O2/c1-2-29-21-7-6-15(13-19(21)24)12-16-8-10-26-22(14-16)27-23(28)18-4-3-5-20-17(18)9-11-25-20/h3-8,10,13-14,25H,2,9,11-12H2,1H3,(H,26,27,28). The van der Waals surface area contributed by atoms with Gasteiger partial charge >= 0.3 is 0 Å². The molecule has 0 saturated heterocycles. The van der Waals surface area contributed by atoms with Crippen molar-refractivity contribution in [3.05, 3.63) is 82.8 Å². The summed E-state index contributed by atoms with van der Waals surface area (Å²) in [5, 5.41) is 6.16.